The maximum absolute atomic E-state index is 13.1. The van der Waals surface area contributed by atoms with Gasteiger partial charge in [0.25, 0.3) is 5.91 Å². The van der Waals surface area contributed by atoms with Crippen LogP contribution in [0, 0.1) is 5.92 Å². The fourth-order valence-electron chi connectivity index (χ4n) is 4.23. The zero-order valence-electron chi connectivity index (χ0n) is 19.6. The van der Waals surface area contributed by atoms with Crippen LogP contribution in [0.25, 0.3) is 0 Å². The first-order chi connectivity index (χ1) is 16.5. The number of hydrogen-bond donors (Lipinski definition) is 1. The summed E-state index contributed by atoms with van der Waals surface area (Å²) in [6.45, 7) is 8.72. The van der Waals surface area contributed by atoms with Crippen LogP contribution in [0.4, 0.5) is 0 Å². The molecule has 34 heavy (non-hydrogen) atoms. The number of amides is 2. The van der Waals surface area contributed by atoms with Crippen LogP contribution >= 0.6 is 0 Å². The third-order valence-corrected chi connectivity index (χ3v) is 5.91. The molecule has 2 heterocycles. The minimum Gasteiger partial charge on any atom is -0.486 e. The third kappa shape index (κ3) is 5.06. The van der Waals surface area contributed by atoms with E-state index in [2.05, 4.69) is 30.1 Å². The molecule has 0 radical (unpaired) electrons. The van der Waals surface area contributed by atoms with E-state index in [1.165, 1.54) is 5.56 Å². The summed E-state index contributed by atoms with van der Waals surface area (Å²) in [6, 6.07) is 19.4. The van der Waals surface area contributed by atoms with Crippen molar-refractivity contribution in [2.24, 2.45) is 5.92 Å². The number of nitrogens with one attached hydrogen (secondary N) is 1. The number of fused-ring (bicyclic) bond motifs is 1. The van der Waals surface area contributed by atoms with Gasteiger partial charge in [-0.3, -0.25) is 9.59 Å². The SMILES string of the molecule is C=CCNC(=O)c1ccc(COc2ccc3c(c2)C(c2ccccc2)N(C(=O)C(C)C)CC3)o1. The molecule has 1 aromatic heterocycles. The molecule has 0 bridgehead atoms. The van der Waals surface area contributed by atoms with E-state index in [1.807, 2.05) is 49.1 Å². The van der Waals surface area contributed by atoms with Gasteiger partial charge in [-0.15, -0.1) is 6.58 Å². The van der Waals surface area contributed by atoms with E-state index < -0.39 is 0 Å². The first-order valence-electron chi connectivity index (χ1n) is 11.6. The molecule has 0 saturated carbocycles. The van der Waals surface area contributed by atoms with E-state index in [0.29, 0.717) is 24.6 Å². The lowest BCUT2D eigenvalue weighted by Crippen LogP contribution is -2.42. The molecule has 1 N–H and O–H groups in total. The van der Waals surface area contributed by atoms with Crippen LogP contribution in [0.3, 0.4) is 0 Å². The van der Waals surface area contributed by atoms with Crippen LogP contribution in [0.2, 0.25) is 0 Å². The maximum atomic E-state index is 13.1. The highest BCUT2D eigenvalue weighted by molar-refractivity contribution is 5.91. The van der Waals surface area contributed by atoms with Gasteiger partial charge in [-0.25, -0.2) is 0 Å². The number of nitrogens with zero attached hydrogens (tertiary/aromatic N) is 1. The number of furan rings is 1. The number of hydrogen-bond acceptors (Lipinski definition) is 4. The molecule has 1 aliphatic heterocycles. The van der Waals surface area contributed by atoms with E-state index >= 15 is 0 Å². The predicted molar refractivity (Wildman–Crippen MR) is 131 cm³/mol. The molecule has 1 aliphatic rings. The molecule has 4 rings (SSSR count). The number of benzene rings is 2. The summed E-state index contributed by atoms with van der Waals surface area (Å²) in [5.74, 6) is 1.25. The lowest BCUT2D eigenvalue weighted by molar-refractivity contribution is -0.136. The summed E-state index contributed by atoms with van der Waals surface area (Å²) in [6.07, 6.45) is 2.41. The van der Waals surface area contributed by atoms with E-state index in [0.717, 1.165) is 17.5 Å². The second kappa shape index (κ2) is 10.4. The Morgan fingerprint density at radius 1 is 1.18 bits per heavy atom. The number of rotatable bonds is 8. The highest BCUT2D eigenvalue weighted by atomic mass is 16.5. The quantitative estimate of drug-likeness (QED) is 0.487. The molecular formula is C28H30N2O4. The Bertz CT molecular complexity index is 1170. The smallest absolute Gasteiger partial charge is 0.287 e. The molecule has 0 saturated heterocycles. The van der Waals surface area contributed by atoms with Crippen LogP contribution in [-0.2, 0) is 17.8 Å². The fraction of sp³-hybridized carbons (Fsp3) is 0.286. The number of carbonyl (C=O) groups is 2. The standard InChI is InChI=1S/C28H30N2O4/c1-4-15-29-27(31)25-13-12-23(34-25)18-33-22-11-10-20-14-16-30(28(32)19(2)3)26(24(20)17-22)21-8-6-5-7-9-21/h4-13,17,19,26H,1,14-16,18H2,2-3H3,(H,29,31). The average Bonchev–Trinajstić information content (AvgIpc) is 3.34. The normalized spacial score (nSPS) is 15.0. The lowest BCUT2D eigenvalue weighted by Gasteiger charge is -2.39. The topological polar surface area (TPSA) is 71.8 Å². The van der Waals surface area contributed by atoms with Gasteiger partial charge >= 0.3 is 0 Å². The van der Waals surface area contributed by atoms with Gasteiger partial charge in [-0.2, -0.15) is 0 Å². The Hall–Kier alpha value is -3.80. The van der Waals surface area contributed by atoms with Crippen molar-refractivity contribution >= 4 is 11.8 Å². The largest absolute Gasteiger partial charge is 0.486 e. The summed E-state index contributed by atoms with van der Waals surface area (Å²) in [5, 5.41) is 2.69. The van der Waals surface area contributed by atoms with Gasteiger partial charge in [0.1, 0.15) is 18.1 Å². The third-order valence-electron chi connectivity index (χ3n) is 5.91. The van der Waals surface area contributed by atoms with Crippen molar-refractivity contribution in [3.8, 4) is 5.75 Å². The molecular weight excluding hydrogens is 428 g/mol. The van der Waals surface area contributed by atoms with Crippen molar-refractivity contribution in [1.82, 2.24) is 10.2 Å². The van der Waals surface area contributed by atoms with Gasteiger partial charge < -0.3 is 19.4 Å². The molecule has 6 nitrogen and oxygen atoms in total. The van der Waals surface area contributed by atoms with Gasteiger partial charge in [0.05, 0.1) is 6.04 Å². The minimum absolute atomic E-state index is 0.0796. The Kier molecular flexibility index (Phi) is 7.16. The first-order valence-corrected chi connectivity index (χ1v) is 11.6. The van der Waals surface area contributed by atoms with Gasteiger partial charge in [-0.05, 0) is 47.4 Å². The molecule has 0 aliphatic carbocycles. The molecule has 1 unspecified atom stereocenters. The monoisotopic (exact) mass is 458 g/mol. The van der Waals surface area contributed by atoms with Crippen molar-refractivity contribution in [3.63, 3.8) is 0 Å². The zero-order valence-corrected chi connectivity index (χ0v) is 19.6. The predicted octanol–water partition coefficient (Wildman–Crippen LogP) is 4.90. The molecule has 3 aromatic rings. The van der Waals surface area contributed by atoms with Gasteiger partial charge in [0.15, 0.2) is 5.76 Å². The number of ether oxygens (including phenoxy) is 1. The zero-order chi connectivity index (χ0) is 24.1. The second-order valence-electron chi connectivity index (χ2n) is 8.66. The van der Waals surface area contributed by atoms with Crippen molar-refractivity contribution in [1.29, 1.82) is 0 Å². The highest BCUT2D eigenvalue weighted by Crippen LogP contribution is 2.38. The van der Waals surface area contributed by atoms with E-state index in [-0.39, 0.29) is 36.1 Å². The molecule has 1 atom stereocenters. The summed E-state index contributed by atoms with van der Waals surface area (Å²) in [4.78, 5) is 27.1. The molecule has 2 aromatic carbocycles. The van der Waals surface area contributed by atoms with Crippen LogP contribution in [0.5, 0.6) is 5.75 Å². The van der Waals surface area contributed by atoms with Gasteiger partial charge in [0.2, 0.25) is 5.91 Å². The fourth-order valence-corrected chi connectivity index (χ4v) is 4.23. The van der Waals surface area contributed by atoms with Gasteiger partial charge in [-0.1, -0.05) is 56.3 Å². The average molecular weight is 459 g/mol. The molecule has 2 amide bonds. The Balaban J connectivity index is 1.56. The molecule has 0 fully saturated rings. The summed E-state index contributed by atoms with van der Waals surface area (Å²) in [7, 11) is 0. The van der Waals surface area contributed by atoms with Crippen molar-refractivity contribution in [2.75, 3.05) is 13.1 Å². The molecule has 6 heteroatoms. The first kappa shape index (κ1) is 23.4. The maximum Gasteiger partial charge on any atom is 0.287 e. The van der Waals surface area contributed by atoms with Gasteiger partial charge in [0, 0.05) is 19.0 Å². The van der Waals surface area contributed by atoms with Crippen molar-refractivity contribution < 1.29 is 18.7 Å². The highest BCUT2D eigenvalue weighted by Gasteiger charge is 2.33. The van der Waals surface area contributed by atoms with Crippen molar-refractivity contribution in [3.05, 3.63) is 102 Å². The minimum atomic E-state index is -0.291. The Morgan fingerprint density at radius 2 is 1.97 bits per heavy atom. The summed E-state index contributed by atoms with van der Waals surface area (Å²) in [5.41, 5.74) is 3.37. The Morgan fingerprint density at radius 3 is 2.71 bits per heavy atom. The van der Waals surface area contributed by atoms with Crippen LogP contribution in [-0.4, -0.2) is 29.8 Å². The molecule has 0 spiro atoms. The van der Waals surface area contributed by atoms with Crippen molar-refractivity contribution in [2.45, 2.75) is 32.9 Å². The lowest BCUT2D eigenvalue weighted by atomic mass is 9.87. The van der Waals surface area contributed by atoms with Crippen LogP contribution in [0.15, 0.2) is 77.7 Å². The molecule has 176 valence electrons. The number of carbonyl (C=O) groups excluding carboxylic acids is 2. The van der Waals surface area contributed by atoms with E-state index in [9.17, 15) is 9.59 Å². The second-order valence-corrected chi connectivity index (χ2v) is 8.66. The van der Waals surface area contributed by atoms with E-state index in [1.54, 1.807) is 18.2 Å². The Labute approximate surface area is 200 Å². The van der Waals surface area contributed by atoms with E-state index in [4.69, 9.17) is 9.15 Å². The van der Waals surface area contributed by atoms with Crippen LogP contribution < -0.4 is 10.1 Å². The summed E-state index contributed by atoms with van der Waals surface area (Å²) >= 11 is 0. The summed E-state index contributed by atoms with van der Waals surface area (Å²) < 4.78 is 11.6. The van der Waals surface area contributed by atoms with Crippen LogP contribution in [0.1, 0.15) is 52.9 Å².